The van der Waals surface area contributed by atoms with E-state index in [2.05, 4.69) is 48.0 Å². The lowest BCUT2D eigenvalue weighted by Gasteiger charge is -2.26. The number of carbonyl (C=O) groups is 1. The van der Waals surface area contributed by atoms with Gasteiger partial charge in [0.25, 0.3) is 5.91 Å². The number of nitrogens with zero attached hydrogens (tertiary/aromatic N) is 4. The van der Waals surface area contributed by atoms with Crippen LogP contribution < -0.4 is 4.90 Å². The summed E-state index contributed by atoms with van der Waals surface area (Å²) in [5.74, 6) is 1.96. The van der Waals surface area contributed by atoms with Crippen molar-refractivity contribution in [2.45, 2.75) is 33.6 Å². The molecule has 156 valence electrons. The summed E-state index contributed by atoms with van der Waals surface area (Å²) in [4.78, 5) is 27.4. The number of carbonyl (C=O) groups excluding carboxylic acids is 1. The molecule has 1 saturated heterocycles. The number of rotatable bonds is 4. The van der Waals surface area contributed by atoms with Crippen LogP contribution in [0.2, 0.25) is 0 Å². The first-order chi connectivity index (χ1) is 14.5. The minimum absolute atomic E-state index is 0.141. The second-order valence-electron chi connectivity index (χ2n) is 7.93. The maximum atomic E-state index is 12.8. The third-order valence-electron chi connectivity index (χ3n) is 5.62. The fourth-order valence-electron chi connectivity index (χ4n) is 3.98. The normalized spacial score (nSPS) is 14.6. The molecule has 0 saturated carbocycles. The second kappa shape index (κ2) is 8.96. The lowest BCUT2D eigenvalue weighted by atomic mass is 10.0. The van der Waals surface area contributed by atoms with Crippen molar-refractivity contribution in [1.82, 2.24) is 14.9 Å². The molecule has 0 atom stereocenters. The van der Waals surface area contributed by atoms with Gasteiger partial charge in [-0.25, -0.2) is 9.97 Å². The molecule has 1 fully saturated rings. The molecule has 0 aliphatic carbocycles. The minimum atomic E-state index is 0.141. The number of anilines is 1. The summed E-state index contributed by atoms with van der Waals surface area (Å²) in [5.41, 5.74) is 4.75. The fraction of sp³-hybridized carbons (Fsp3) is 0.375. The SMILES string of the molecule is Cc1ccc(Cc2c(C)nc(C)nc2N2CCCN(C(=O)c3cccs3)CC2)cc1. The summed E-state index contributed by atoms with van der Waals surface area (Å²) in [6.07, 6.45) is 1.75. The smallest absolute Gasteiger partial charge is 0.263 e. The Morgan fingerprint density at radius 3 is 2.53 bits per heavy atom. The van der Waals surface area contributed by atoms with Crippen molar-refractivity contribution >= 4 is 23.1 Å². The molecule has 1 aromatic carbocycles. The van der Waals surface area contributed by atoms with Crippen LogP contribution in [0.4, 0.5) is 5.82 Å². The molecule has 0 unspecified atom stereocenters. The van der Waals surface area contributed by atoms with Gasteiger partial charge in [-0.1, -0.05) is 35.9 Å². The Morgan fingerprint density at radius 1 is 1.00 bits per heavy atom. The predicted octanol–water partition coefficient (Wildman–Crippen LogP) is 4.41. The van der Waals surface area contributed by atoms with E-state index in [4.69, 9.17) is 4.98 Å². The van der Waals surface area contributed by atoms with Crippen molar-refractivity contribution in [1.29, 1.82) is 0 Å². The average Bonchev–Trinajstić information content (AvgIpc) is 3.15. The van der Waals surface area contributed by atoms with Crippen LogP contribution in [-0.4, -0.2) is 47.0 Å². The first-order valence-corrected chi connectivity index (χ1v) is 11.4. The van der Waals surface area contributed by atoms with Crippen molar-refractivity contribution < 1.29 is 4.79 Å². The van der Waals surface area contributed by atoms with E-state index in [1.165, 1.54) is 28.0 Å². The van der Waals surface area contributed by atoms with Gasteiger partial charge in [0.15, 0.2) is 0 Å². The standard InChI is InChI=1S/C24H28N4OS/c1-17-7-9-20(10-8-17)16-21-18(2)25-19(3)26-23(21)27-11-5-12-28(14-13-27)24(29)22-6-4-15-30-22/h4,6-10,15H,5,11-14,16H2,1-3H3. The number of hydrogen-bond acceptors (Lipinski definition) is 5. The van der Waals surface area contributed by atoms with E-state index in [0.717, 1.165) is 54.7 Å². The van der Waals surface area contributed by atoms with Gasteiger partial charge < -0.3 is 9.80 Å². The summed E-state index contributed by atoms with van der Waals surface area (Å²) in [6, 6.07) is 12.5. The quantitative estimate of drug-likeness (QED) is 0.627. The third kappa shape index (κ3) is 4.54. The maximum absolute atomic E-state index is 12.8. The lowest BCUT2D eigenvalue weighted by Crippen LogP contribution is -2.35. The summed E-state index contributed by atoms with van der Waals surface area (Å²) >= 11 is 1.51. The molecule has 0 spiro atoms. The molecule has 1 aliphatic heterocycles. The molecule has 30 heavy (non-hydrogen) atoms. The fourth-order valence-corrected chi connectivity index (χ4v) is 4.68. The highest BCUT2D eigenvalue weighted by Gasteiger charge is 2.24. The molecule has 1 aliphatic rings. The molecule has 2 aromatic heterocycles. The third-order valence-corrected chi connectivity index (χ3v) is 6.48. The Morgan fingerprint density at radius 2 is 1.80 bits per heavy atom. The van der Waals surface area contributed by atoms with Crippen LogP contribution in [0.25, 0.3) is 0 Å². The van der Waals surface area contributed by atoms with Crippen molar-refractivity contribution in [3.05, 3.63) is 74.9 Å². The van der Waals surface area contributed by atoms with E-state index in [1.54, 1.807) is 0 Å². The summed E-state index contributed by atoms with van der Waals surface area (Å²) < 4.78 is 0. The van der Waals surface area contributed by atoms with E-state index >= 15 is 0 Å². The van der Waals surface area contributed by atoms with E-state index in [-0.39, 0.29) is 5.91 Å². The molecule has 0 radical (unpaired) electrons. The van der Waals surface area contributed by atoms with Crippen LogP contribution >= 0.6 is 11.3 Å². The van der Waals surface area contributed by atoms with Gasteiger partial charge in [0.2, 0.25) is 0 Å². The van der Waals surface area contributed by atoms with Gasteiger partial charge in [-0.3, -0.25) is 4.79 Å². The molecule has 0 N–H and O–H groups in total. The van der Waals surface area contributed by atoms with Crippen molar-refractivity contribution in [3.8, 4) is 0 Å². The van der Waals surface area contributed by atoms with Gasteiger partial charge in [0.05, 0.1) is 4.88 Å². The highest BCUT2D eigenvalue weighted by atomic mass is 32.1. The van der Waals surface area contributed by atoms with E-state index in [1.807, 2.05) is 29.3 Å². The van der Waals surface area contributed by atoms with Crippen LogP contribution in [0.1, 0.15) is 44.3 Å². The molecule has 6 heteroatoms. The molecule has 3 heterocycles. The molecular formula is C24H28N4OS. The average molecular weight is 421 g/mol. The Hall–Kier alpha value is -2.73. The van der Waals surface area contributed by atoms with Gasteiger partial charge in [0, 0.05) is 43.9 Å². The molecule has 5 nitrogen and oxygen atoms in total. The van der Waals surface area contributed by atoms with Crippen LogP contribution in [0.15, 0.2) is 41.8 Å². The first-order valence-electron chi connectivity index (χ1n) is 10.5. The predicted molar refractivity (Wildman–Crippen MR) is 123 cm³/mol. The van der Waals surface area contributed by atoms with Crippen molar-refractivity contribution in [3.63, 3.8) is 0 Å². The van der Waals surface area contributed by atoms with E-state index in [0.29, 0.717) is 6.54 Å². The molecule has 3 aromatic rings. The number of hydrogen-bond donors (Lipinski definition) is 0. The van der Waals surface area contributed by atoms with Crippen molar-refractivity contribution in [2.24, 2.45) is 0 Å². The zero-order chi connectivity index (χ0) is 21.1. The minimum Gasteiger partial charge on any atom is -0.354 e. The van der Waals surface area contributed by atoms with Gasteiger partial charge in [-0.15, -0.1) is 11.3 Å². The van der Waals surface area contributed by atoms with E-state index in [9.17, 15) is 4.79 Å². The zero-order valence-corrected chi connectivity index (χ0v) is 18.7. The van der Waals surface area contributed by atoms with Gasteiger partial charge in [-0.05, 0) is 44.2 Å². The Kier molecular flexibility index (Phi) is 6.13. The summed E-state index contributed by atoms with van der Waals surface area (Å²) in [6.45, 7) is 9.31. The summed E-state index contributed by atoms with van der Waals surface area (Å²) in [7, 11) is 0. The maximum Gasteiger partial charge on any atom is 0.263 e. The Bertz CT molecular complexity index is 1010. The number of thiophene rings is 1. The van der Waals surface area contributed by atoms with Crippen molar-refractivity contribution in [2.75, 3.05) is 31.1 Å². The molecule has 0 bridgehead atoms. The van der Waals surface area contributed by atoms with Crippen LogP contribution in [-0.2, 0) is 6.42 Å². The lowest BCUT2D eigenvalue weighted by molar-refractivity contribution is 0.0772. The van der Waals surface area contributed by atoms with E-state index < -0.39 is 0 Å². The molecule has 4 rings (SSSR count). The van der Waals surface area contributed by atoms with Crippen LogP contribution in [0.3, 0.4) is 0 Å². The highest BCUT2D eigenvalue weighted by Crippen LogP contribution is 2.26. The number of benzene rings is 1. The zero-order valence-electron chi connectivity index (χ0n) is 17.9. The first kappa shape index (κ1) is 20.5. The molecular weight excluding hydrogens is 392 g/mol. The number of amides is 1. The van der Waals surface area contributed by atoms with Crippen LogP contribution in [0.5, 0.6) is 0 Å². The number of aryl methyl sites for hydroxylation is 3. The Balaban J connectivity index is 1.57. The van der Waals surface area contributed by atoms with Crippen LogP contribution in [0, 0.1) is 20.8 Å². The topological polar surface area (TPSA) is 49.3 Å². The van der Waals surface area contributed by atoms with Gasteiger partial charge >= 0.3 is 0 Å². The highest BCUT2D eigenvalue weighted by molar-refractivity contribution is 7.12. The largest absolute Gasteiger partial charge is 0.354 e. The van der Waals surface area contributed by atoms with Gasteiger partial charge in [-0.2, -0.15) is 0 Å². The molecule has 1 amide bonds. The second-order valence-corrected chi connectivity index (χ2v) is 8.88. The van der Waals surface area contributed by atoms with Gasteiger partial charge in [0.1, 0.15) is 11.6 Å². The summed E-state index contributed by atoms with van der Waals surface area (Å²) in [5, 5.41) is 1.96. The number of aromatic nitrogens is 2. The Labute approximate surface area is 182 Å². The monoisotopic (exact) mass is 420 g/mol.